The van der Waals surface area contributed by atoms with Gasteiger partial charge in [-0.3, -0.25) is 0 Å². The molecule has 0 aliphatic rings. The van der Waals surface area contributed by atoms with Gasteiger partial charge in [-0.25, -0.2) is 0 Å². The van der Waals surface area contributed by atoms with Crippen LogP contribution in [-0.4, -0.2) is 4.57 Å². The first kappa shape index (κ1) is 34.9. The van der Waals surface area contributed by atoms with Crippen LogP contribution in [0.3, 0.4) is 0 Å². The Hall–Kier alpha value is -8.14. The third-order valence-corrected chi connectivity index (χ3v) is 12.1. The van der Waals surface area contributed by atoms with Crippen molar-refractivity contribution in [1.29, 1.82) is 0 Å². The van der Waals surface area contributed by atoms with Gasteiger partial charge in [-0.15, -0.1) is 0 Å². The predicted octanol–water partition coefficient (Wildman–Crippen LogP) is 16.3. The molecule has 0 saturated heterocycles. The average Bonchev–Trinajstić information content (AvgIpc) is 3.87. The summed E-state index contributed by atoms with van der Waals surface area (Å²) < 4.78 is 8.62. The molecule has 0 N–H and O–H groups in total. The molecule has 0 unspecified atom stereocenters. The Morgan fingerprint density at radius 3 is 1.62 bits per heavy atom. The van der Waals surface area contributed by atoms with Gasteiger partial charge >= 0.3 is 0 Å². The van der Waals surface area contributed by atoms with Crippen LogP contribution in [0.25, 0.3) is 93.6 Å². The van der Waals surface area contributed by atoms with Crippen molar-refractivity contribution in [3.63, 3.8) is 0 Å². The van der Waals surface area contributed by atoms with Crippen LogP contribution in [-0.2, 0) is 0 Å². The molecule has 2 heterocycles. The normalized spacial score (nSPS) is 11.6. The third kappa shape index (κ3) is 6.06. The molecule has 0 atom stereocenters. The Kier molecular flexibility index (Phi) is 8.17. The summed E-state index contributed by atoms with van der Waals surface area (Å²) in [5.41, 5.74) is 15.6. The van der Waals surface area contributed by atoms with E-state index >= 15 is 0 Å². The fourth-order valence-electron chi connectivity index (χ4n) is 9.18. The molecule has 0 aliphatic heterocycles. The maximum atomic E-state index is 6.25. The van der Waals surface area contributed by atoms with Crippen molar-refractivity contribution in [2.45, 2.75) is 0 Å². The number of para-hydroxylation sites is 4. The highest BCUT2D eigenvalue weighted by Crippen LogP contribution is 2.41. The van der Waals surface area contributed by atoms with Crippen LogP contribution in [0.5, 0.6) is 0 Å². The minimum absolute atomic E-state index is 0.895. The van der Waals surface area contributed by atoms with Gasteiger partial charge in [0.25, 0.3) is 0 Å². The second-order valence-electron chi connectivity index (χ2n) is 15.8. The second-order valence-corrected chi connectivity index (χ2v) is 15.8. The molecular formula is C58H38N2O. The lowest BCUT2D eigenvalue weighted by atomic mass is 9.92. The van der Waals surface area contributed by atoms with E-state index in [1.807, 2.05) is 12.1 Å². The van der Waals surface area contributed by atoms with Crippen molar-refractivity contribution in [2.24, 2.45) is 0 Å². The SMILES string of the molecule is c1ccc(N(c2ccc(-c3cc(-c4ccc5oc6ccccc6c5c4)cc(-c4ccc5c(c4)c4ccccc4n5-c4ccccc4)c3)cc2)c2ccc3ccccc3c2)cc1. The first-order valence-electron chi connectivity index (χ1n) is 20.8. The molecule has 3 nitrogen and oxygen atoms in total. The minimum Gasteiger partial charge on any atom is -0.456 e. The smallest absolute Gasteiger partial charge is 0.135 e. The summed E-state index contributed by atoms with van der Waals surface area (Å²) >= 11 is 0. The van der Waals surface area contributed by atoms with Crippen LogP contribution in [0.1, 0.15) is 0 Å². The summed E-state index contributed by atoms with van der Waals surface area (Å²) in [5, 5.41) is 7.16. The van der Waals surface area contributed by atoms with Crippen LogP contribution in [0.4, 0.5) is 17.1 Å². The highest BCUT2D eigenvalue weighted by molar-refractivity contribution is 6.11. The Morgan fingerprint density at radius 2 is 0.836 bits per heavy atom. The number of hydrogen-bond donors (Lipinski definition) is 0. The van der Waals surface area contributed by atoms with E-state index in [9.17, 15) is 0 Å². The van der Waals surface area contributed by atoms with E-state index in [-0.39, 0.29) is 0 Å². The molecule has 2 aromatic heterocycles. The van der Waals surface area contributed by atoms with E-state index in [0.717, 1.165) is 72.5 Å². The van der Waals surface area contributed by atoms with Crippen LogP contribution < -0.4 is 4.90 Å². The van der Waals surface area contributed by atoms with Gasteiger partial charge in [-0.2, -0.15) is 0 Å². The molecule has 0 amide bonds. The van der Waals surface area contributed by atoms with Gasteiger partial charge in [0.2, 0.25) is 0 Å². The van der Waals surface area contributed by atoms with Crippen molar-refractivity contribution >= 4 is 71.6 Å². The number of benzene rings is 10. The number of rotatable bonds is 7. The molecule has 12 aromatic rings. The lowest BCUT2D eigenvalue weighted by Gasteiger charge is -2.26. The molecule has 0 spiro atoms. The van der Waals surface area contributed by atoms with Gasteiger partial charge in [0, 0.05) is 44.3 Å². The molecule has 0 saturated carbocycles. The fourth-order valence-corrected chi connectivity index (χ4v) is 9.18. The van der Waals surface area contributed by atoms with Gasteiger partial charge in [0.05, 0.1) is 11.0 Å². The highest BCUT2D eigenvalue weighted by Gasteiger charge is 2.17. The van der Waals surface area contributed by atoms with Crippen molar-refractivity contribution in [1.82, 2.24) is 4.57 Å². The molecule has 0 fully saturated rings. The van der Waals surface area contributed by atoms with Gasteiger partial charge in [0.1, 0.15) is 11.2 Å². The average molecular weight is 779 g/mol. The van der Waals surface area contributed by atoms with Crippen molar-refractivity contribution in [3.8, 4) is 39.1 Å². The van der Waals surface area contributed by atoms with E-state index in [0.29, 0.717) is 0 Å². The van der Waals surface area contributed by atoms with Crippen molar-refractivity contribution in [2.75, 3.05) is 4.90 Å². The van der Waals surface area contributed by atoms with Crippen molar-refractivity contribution < 1.29 is 4.42 Å². The number of furan rings is 1. The number of aromatic nitrogens is 1. The molecule has 0 bridgehead atoms. The number of anilines is 3. The van der Waals surface area contributed by atoms with E-state index in [1.165, 1.54) is 38.1 Å². The Bertz CT molecular complexity index is 3580. The minimum atomic E-state index is 0.895. The topological polar surface area (TPSA) is 21.3 Å². The van der Waals surface area contributed by atoms with E-state index in [1.54, 1.807) is 0 Å². The second kappa shape index (κ2) is 14.3. The van der Waals surface area contributed by atoms with Crippen LogP contribution >= 0.6 is 0 Å². The summed E-state index contributed by atoms with van der Waals surface area (Å²) in [6, 6.07) is 83.1. The Labute approximate surface area is 353 Å². The molecule has 0 aliphatic carbocycles. The largest absolute Gasteiger partial charge is 0.456 e. The standard InChI is InChI=1S/C58H38N2O/c1-3-15-47(16-4-1)59(50-30-25-39-13-7-8-14-41(39)36-50)49-28-23-40(24-29-49)44-33-45(35-46(34-44)43-27-32-58-54(38-43)52-20-10-12-22-57(52)61-58)42-26-31-56-53(37-42)51-19-9-11-21-55(51)60(56)48-17-5-2-6-18-48/h1-38H. The molecular weight excluding hydrogens is 741 g/mol. The third-order valence-electron chi connectivity index (χ3n) is 12.1. The summed E-state index contributed by atoms with van der Waals surface area (Å²) in [4.78, 5) is 2.34. The molecule has 0 radical (unpaired) electrons. The molecule has 3 heteroatoms. The maximum absolute atomic E-state index is 6.25. The Balaban J connectivity index is 1.02. The van der Waals surface area contributed by atoms with Gasteiger partial charge < -0.3 is 13.9 Å². The summed E-state index contributed by atoms with van der Waals surface area (Å²) in [6.07, 6.45) is 0. The predicted molar refractivity (Wildman–Crippen MR) is 257 cm³/mol. The Morgan fingerprint density at radius 1 is 0.295 bits per heavy atom. The summed E-state index contributed by atoms with van der Waals surface area (Å²) in [5.74, 6) is 0. The number of nitrogens with zero attached hydrogens (tertiary/aromatic N) is 2. The maximum Gasteiger partial charge on any atom is 0.135 e. The van der Waals surface area contributed by atoms with Gasteiger partial charge in [0.15, 0.2) is 0 Å². The van der Waals surface area contributed by atoms with Gasteiger partial charge in [-0.05, 0) is 147 Å². The van der Waals surface area contributed by atoms with Crippen LogP contribution in [0.15, 0.2) is 235 Å². The summed E-state index contributed by atoms with van der Waals surface area (Å²) in [6.45, 7) is 0. The van der Waals surface area contributed by atoms with E-state index in [4.69, 9.17) is 4.42 Å². The van der Waals surface area contributed by atoms with Crippen LogP contribution in [0.2, 0.25) is 0 Å². The quantitative estimate of drug-likeness (QED) is 0.161. The molecule has 286 valence electrons. The van der Waals surface area contributed by atoms with Gasteiger partial charge in [-0.1, -0.05) is 127 Å². The molecule has 61 heavy (non-hydrogen) atoms. The van der Waals surface area contributed by atoms with Crippen LogP contribution in [0, 0.1) is 0 Å². The number of fused-ring (bicyclic) bond motifs is 7. The zero-order valence-corrected chi connectivity index (χ0v) is 33.2. The first-order chi connectivity index (χ1) is 30.2. The zero-order chi connectivity index (χ0) is 40.3. The fraction of sp³-hybridized carbons (Fsp3) is 0. The van der Waals surface area contributed by atoms with E-state index < -0.39 is 0 Å². The number of hydrogen-bond acceptors (Lipinski definition) is 2. The highest BCUT2D eigenvalue weighted by atomic mass is 16.3. The summed E-state index contributed by atoms with van der Waals surface area (Å²) in [7, 11) is 0. The molecule has 10 aromatic carbocycles. The molecule has 12 rings (SSSR count). The zero-order valence-electron chi connectivity index (χ0n) is 33.2. The van der Waals surface area contributed by atoms with E-state index in [2.05, 4.69) is 228 Å². The first-order valence-corrected chi connectivity index (χ1v) is 20.8. The lowest BCUT2D eigenvalue weighted by molar-refractivity contribution is 0.669. The monoisotopic (exact) mass is 778 g/mol. The van der Waals surface area contributed by atoms with Crippen molar-refractivity contribution in [3.05, 3.63) is 231 Å². The lowest BCUT2D eigenvalue weighted by Crippen LogP contribution is -2.09.